The second kappa shape index (κ2) is 15.0. The van der Waals surface area contributed by atoms with Crippen molar-refractivity contribution in [2.24, 2.45) is 0 Å². The molecule has 1 heterocycles. The number of carbonyl (C=O) groups excluding carboxylic acids is 1. The van der Waals surface area contributed by atoms with E-state index in [1.807, 2.05) is 6.92 Å². The molecule has 1 N–H and O–H groups in total. The number of carbonyl (C=O) groups is 1. The molecule has 4 rings (SSSR count). The first-order chi connectivity index (χ1) is 21.4. The molecule has 0 saturated carbocycles. The highest BCUT2D eigenvalue weighted by atomic mass is 32.2. The lowest BCUT2D eigenvalue weighted by molar-refractivity contribution is -0.113. The Labute approximate surface area is 260 Å². The van der Waals surface area contributed by atoms with E-state index < -0.39 is 0 Å². The normalized spacial score (nSPS) is 10.5. The summed E-state index contributed by atoms with van der Waals surface area (Å²) in [6, 6.07) is 14.2. The highest BCUT2D eigenvalue weighted by Gasteiger charge is 2.22. The summed E-state index contributed by atoms with van der Waals surface area (Å²) in [5, 5.41) is 12.0. The van der Waals surface area contributed by atoms with Gasteiger partial charge in [-0.05, 0) is 55.5 Å². The largest absolute Gasteiger partial charge is 0.494 e. The first kappa shape index (κ1) is 32.0. The third kappa shape index (κ3) is 7.17. The van der Waals surface area contributed by atoms with Gasteiger partial charge in [0.15, 0.2) is 23.0 Å². The fourth-order valence-electron chi connectivity index (χ4n) is 4.33. The monoisotopic (exact) mass is 622 g/mol. The first-order valence-corrected chi connectivity index (χ1v) is 14.4. The van der Waals surface area contributed by atoms with Crippen molar-refractivity contribution < 1.29 is 38.0 Å². The van der Waals surface area contributed by atoms with Gasteiger partial charge in [0, 0.05) is 16.8 Å². The molecule has 1 amide bonds. The molecular weight excluding hydrogens is 588 g/mol. The van der Waals surface area contributed by atoms with Crippen LogP contribution in [0.25, 0.3) is 22.5 Å². The molecule has 3 aromatic carbocycles. The predicted octanol–water partition coefficient (Wildman–Crippen LogP) is 5.39. The Kier molecular flexibility index (Phi) is 10.9. The van der Waals surface area contributed by atoms with Crippen molar-refractivity contribution in [1.82, 2.24) is 15.2 Å². The van der Waals surface area contributed by atoms with Gasteiger partial charge < -0.3 is 38.5 Å². The Hall–Kier alpha value is -4.91. The van der Waals surface area contributed by atoms with E-state index in [0.717, 1.165) is 17.5 Å². The van der Waals surface area contributed by atoms with E-state index in [4.69, 9.17) is 38.1 Å². The lowest BCUT2D eigenvalue weighted by Crippen LogP contribution is -2.14. The van der Waals surface area contributed by atoms with Gasteiger partial charge in [0.05, 0.1) is 55.0 Å². The molecule has 44 heavy (non-hydrogen) atoms. The number of benzene rings is 3. The van der Waals surface area contributed by atoms with E-state index in [9.17, 15) is 4.79 Å². The molecule has 1 aromatic heterocycles. The minimum Gasteiger partial charge on any atom is -0.494 e. The topological polar surface area (TPSA) is 132 Å². The number of aromatic nitrogens is 3. The average Bonchev–Trinajstić information content (AvgIpc) is 3.06. The Morgan fingerprint density at radius 3 is 1.66 bits per heavy atom. The molecule has 0 spiro atoms. The Morgan fingerprint density at radius 2 is 1.20 bits per heavy atom. The summed E-state index contributed by atoms with van der Waals surface area (Å²) < 4.78 is 38.7. The quantitative estimate of drug-likeness (QED) is 0.181. The molecule has 0 fully saturated rings. The number of amides is 1. The number of anilines is 1. The minimum absolute atomic E-state index is 0.0487. The van der Waals surface area contributed by atoms with Gasteiger partial charge in [-0.15, -0.1) is 10.2 Å². The van der Waals surface area contributed by atoms with Crippen LogP contribution in [0.1, 0.15) is 6.92 Å². The van der Waals surface area contributed by atoms with E-state index in [2.05, 4.69) is 15.5 Å². The van der Waals surface area contributed by atoms with Crippen LogP contribution in [0.4, 0.5) is 5.69 Å². The Morgan fingerprint density at radius 1 is 0.705 bits per heavy atom. The number of methoxy groups -OCH3 is 6. The van der Waals surface area contributed by atoms with Crippen LogP contribution in [-0.4, -0.2) is 76.1 Å². The number of hydrogen-bond acceptors (Lipinski definition) is 12. The molecule has 0 aliphatic rings. The summed E-state index contributed by atoms with van der Waals surface area (Å²) in [7, 11) is 9.18. The van der Waals surface area contributed by atoms with Crippen molar-refractivity contribution >= 4 is 23.4 Å². The molecule has 0 atom stereocenters. The van der Waals surface area contributed by atoms with Crippen molar-refractivity contribution in [2.45, 2.75) is 12.1 Å². The maximum absolute atomic E-state index is 12.8. The van der Waals surface area contributed by atoms with Crippen molar-refractivity contribution in [3.8, 4) is 62.8 Å². The number of nitrogens with zero attached hydrogens (tertiary/aromatic N) is 3. The number of thioether (sulfide) groups is 1. The molecule has 0 aliphatic heterocycles. The van der Waals surface area contributed by atoms with Crippen molar-refractivity contribution in [1.29, 1.82) is 0 Å². The SMILES string of the molecule is CCOc1ccc(NC(=O)CSc2nnc(-c3cc(OC)c(OC)c(OC)c3)c(-c3cc(OC)c(OC)c(OC)c3)n2)cc1. The van der Waals surface area contributed by atoms with Crippen LogP contribution in [0.15, 0.2) is 53.7 Å². The van der Waals surface area contributed by atoms with E-state index in [1.165, 1.54) is 42.7 Å². The molecule has 12 nitrogen and oxygen atoms in total. The van der Waals surface area contributed by atoms with Crippen molar-refractivity contribution in [3.05, 3.63) is 48.5 Å². The van der Waals surface area contributed by atoms with Crippen LogP contribution in [0, 0.1) is 0 Å². The van der Waals surface area contributed by atoms with Gasteiger partial charge in [-0.2, -0.15) is 0 Å². The van der Waals surface area contributed by atoms with Crippen LogP contribution in [-0.2, 0) is 4.79 Å². The van der Waals surface area contributed by atoms with Crippen molar-refractivity contribution in [2.75, 3.05) is 60.3 Å². The third-order valence-corrected chi connectivity index (χ3v) is 7.16. The summed E-state index contributed by atoms with van der Waals surface area (Å²) in [6.45, 7) is 2.47. The zero-order valence-electron chi connectivity index (χ0n) is 25.5. The van der Waals surface area contributed by atoms with Gasteiger partial charge in [0.2, 0.25) is 22.6 Å². The standard InChI is InChI=1S/C31H34N4O8S/c1-8-43-21-11-9-20(10-12-21)32-26(36)17-44-31-33-27(18-13-22(37-2)29(41-6)23(14-18)38-3)28(34-35-31)19-15-24(39-4)30(42-7)25(16-19)40-5/h9-16H,8,17H2,1-7H3,(H,32,36). The Balaban J connectivity index is 1.73. The molecule has 0 bridgehead atoms. The number of rotatable bonds is 14. The number of nitrogens with one attached hydrogen (secondary N) is 1. The van der Waals surface area contributed by atoms with Crippen LogP contribution in [0.2, 0.25) is 0 Å². The second-order valence-electron chi connectivity index (χ2n) is 8.91. The highest BCUT2D eigenvalue weighted by Crippen LogP contribution is 2.45. The van der Waals surface area contributed by atoms with Crippen LogP contribution >= 0.6 is 11.8 Å². The lowest BCUT2D eigenvalue weighted by atomic mass is 10.0. The summed E-state index contributed by atoms with van der Waals surface area (Å²) in [6.07, 6.45) is 0. The molecular formula is C31H34N4O8S. The molecule has 0 saturated heterocycles. The molecule has 4 aromatic rings. The van der Waals surface area contributed by atoms with E-state index in [-0.39, 0.29) is 16.8 Å². The summed E-state index contributed by atoms with van der Waals surface area (Å²) in [5.74, 6) is 3.13. The van der Waals surface area contributed by atoms with Gasteiger partial charge in [0.1, 0.15) is 17.1 Å². The molecule has 0 radical (unpaired) electrons. The zero-order chi connectivity index (χ0) is 31.6. The minimum atomic E-state index is -0.231. The Bertz CT molecular complexity index is 1550. The predicted molar refractivity (Wildman–Crippen MR) is 167 cm³/mol. The van der Waals surface area contributed by atoms with Crippen LogP contribution in [0.3, 0.4) is 0 Å². The maximum atomic E-state index is 12.8. The first-order valence-electron chi connectivity index (χ1n) is 13.4. The van der Waals surface area contributed by atoms with E-state index in [0.29, 0.717) is 69.3 Å². The zero-order valence-corrected chi connectivity index (χ0v) is 26.4. The van der Waals surface area contributed by atoms with E-state index in [1.54, 1.807) is 48.5 Å². The van der Waals surface area contributed by atoms with Gasteiger partial charge in [-0.25, -0.2) is 4.98 Å². The smallest absolute Gasteiger partial charge is 0.234 e. The summed E-state index contributed by atoms with van der Waals surface area (Å²) in [4.78, 5) is 17.6. The average molecular weight is 623 g/mol. The molecule has 0 aliphatic carbocycles. The summed E-state index contributed by atoms with van der Waals surface area (Å²) in [5.41, 5.74) is 2.73. The highest BCUT2D eigenvalue weighted by molar-refractivity contribution is 7.99. The van der Waals surface area contributed by atoms with Gasteiger partial charge in [-0.1, -0.05) is 11.8 Å². The lowest BCUT2D eigenvalue weighted by Gasteiger charge is -2.17. The number of hydrogen-bond donors (Lipinski definition) is 1. The fourth-order valence-corrected chi connectivity index (χ4v) is 4.92. The van der Waals surface area contributed by atoms with Crippen LogP contribution in [0.5, 0.6) is 40.2 Å². The summed E-state index contributed by atoms with van der Waals surface area (Å²) >= 11 is 1.14. The van der Waals surface area contributed by atoms with Gasteiger partial charge >= 0.3 is 0 Å². The fraction of sp³-hybridized carbons (Fsp3) is 0.290. The van der Waals surface area contributed by atoms with Crippen molar-refractivity contribution in [3.63, 3.8) is 0 Å². The van der Waals surface area contributed by atoms with Crippen LogP contribution < -0.4 is 38.5 Å². The number of ether oxygens (including phenoxy) is 7. The van der Waals surface area contributed by atoms with E-state index >= 15 is 0 Å². The maximum Gasteiger partial charge on any atom is 0.234 e. The second-order valence-corrected chi connectivity index (χ2v) is 9.86. The van der Waals surface area contributed by atoms with Gasteiger partial charge in [-0.3, -0.25) is 4.79 Å². The molecule has 13 heteroatoms. The van der Waals surface area contributed by atoms with Gasteiger partial charge in [0.25, 0.3) is 0 Å². The third-order valence-electron chi connectivity index (χ3n) is 6.33. The molecule has 0 unspecified atom stereocenters. The molecule has 232 valence electrons.